The predicted molar refractivity (Wildman–Crippen MR) is 85.0 cm³/mol. The summed E-state index contributed by atoms with van der Waals surface area (Å²) in [6.45, 7) is 2.01. The molecule has 2 rings (SSSR count). The van der Waals surface area contributed by atoms with Gasteiger partial charge < -0.3 is 5.32 Å². The van der Waals surface area contributed by atoms with Crippen LogP contribution in [0.15, 0.2) is 36.4 Å². The van der Waals surface area contributed by atoms with E-state index in [9.17, 15) is 0 Å². The summed E-state index contributed by atoms with van der Waals surface area (Å²) in [6.07, 6.45) is 0. The number of hydrogen-bond acceptors (Lipinski definition) is 1. The number of benzene rings is 2. The highest BCUT2D eigenvalue weighted by Gasteiger charge is 2.10. The first-order valence-corrected chi connectivity index (χ1v) is 7.15. The van der Waals surface area contributed by atoms with E-state index >= 15 is 0 Å². The third-order valence-corrected chi connectivity index (χ3v) is 4.03. The van der Waals surface area contributed by atoms with Crippen LogP contribution in [0.2, 0.25) is 20.1 Å². The van der Waals surface area contributed by atoms with E-state index in [4.69, 9.17) is 46.4 Å². The van der Waals surface area contributed by atoms with Gasteiger partial charge in [-0.15, -0.1) is 0 Å². The Morgan fingerprint density at radius 3 is 2.21 bits per heavy atom. The van der Waals surface area contributed by atoms with Gasteiger partial charge in [-0.2, -0.15) is 0 Å². The van der Waals surface area contributed by atoms with E-state index in [1.165, 1.54) is 0 Å². The Kier molecular flexibility index (Phi) is 4.86. The topological polar surface area (TPSA) is 12.0 Å². The summed E-state index contributed by atoms with van der Waals surface area (Å²) >= 11 is 23.9. The number of halogens is 4. The van der Waals surface area contributed by atoms with Crippen molar-refractivity contribution in [3.05, 3.63) is 62.1 Å². The molecule has 0 aromatic heterocycles. The molecule has 2 aromatic rings. The lowest BCUT2D eigenvalue weighted by Gasteiger charge is -2.17. The van der Waals surface area contributed by atoms with E-state index in [1.54, 1.807) is 18.2 Å². The van der Waals surface area contributed by atoms with Crippen molar-refractivity contribution in [1.29, 1.82) is 0 Å². The maximum absolute atomic E-state index is 6.18. The first-order chi connectivity index (χ1) is 8.97. The Hall–Kier alpha value is -0.600. The standard InChI is InChI=1S/C14H11Cl4N/c1-8(11-4-2-9(15)6-13(11)17)19-10-3-5-12(16)14(18)7-10/h2-8,19H,1H3. The zero-order chi connectivity index (χ0) is 14.0. The maximum Gasteiger partial charge on any atom is 0.0612 e. The molecule has 19 heavy (non-hydrogen) atoms. The van der Waals surface area contributed by atoms with Gasteiger partial charge in [0.1, 0.15) is 0 Å². The van der Waals surface area contributed by atoms with Crippen LogP contribution in [0.3, 0.4) is 0 Å². The quantitative estimate of drug-likeness (QED) is 0.677. The van der Waals surface area contributed by atoms with Crippen LogP contribution in [0.5, 0.6) is 0 Å². The molecule has 1 nitrogen and oxygen atoms in total. The highest BCUT2D eigenvalue weighted by Crippen LogP contribution is 2.30. The molecule has 5 heteroatoms. The molecule has 1 unspecified atom stereocenters. The molecule has 0 bridgehead atoms. The minimum atomic E-state index is 0.0296. The van der Waals surface area contributed by atoms with E-state index in [0.29, 0.717) is 20.1 Å². The molecule has 0 saturated heterocycles. The van der Waals surface area contributed by atoms with Gasteiger partial charge in [-0.05, 0) is 42.8 Å². The number of rotatable bonds is 3. The van der Waals surface area contributed by atoms with Gasteiger partial charge in [0, 0.05) is 21.8 Å². The number of nitrogens with one attached hydrogen (secondary N) is 1. The first-order valence-electron chi connectivity index (χ1n) is 5.64. The molecule has 100 valence electrons. The minimum absolute atomic E-state index is 0.0296. The zero-order valence-corrected chi connectivity index (χ0v) is 13.1. The lowest BCUT2D eigenvalue weighted by atomic mass is 10.1. The largest absolute Gasteiger partial charge is 0.378 e. The van der Waals surface area contributed by atoms with Crippen LogP contribution in [0, 0.1) is 0 Å². The van der Waals surface area contributed by atoms with E-state index in [-0.39, 0.29) is 6.04 Å². The molecule has 0 radical (unpaired) electrons. The van der Waals surface area contributed by atoms with E-state index in [1.807, 2.05) is 25.1 Å². The third-order valence-electron chi connectivity index (χ3n) is 2.73. The van der Waals surface area contributed by atoms with Crippen molar-refractivity contribution in [1.82, 2.24) is 0 Å². The fraction of sp³-hybridized carbons (Fsp3) is 0.143. The third kappa shape index (κ3) is 3.70. The number of hydrogen-bond donors (Lipinski definition) is 1. The molecule has 0 fully saturated rings. The molecule has 0 spiro atoms. The molecular weight excluding hydrogens is 324 g/mol. The van der Waals surface area contributed by atoms with Gasteiger partial charge in [-0.25, -0.2) is 0 Å². The summed E-state index contributed by atoms with van der Waals surface area (Å²) in [5.41, 5.74) is 1.85. The molecule has 0 aliphatic carbocycles. The van der Waals surface area contributed by atoms with Crippen molar-refractivity contribution in [2.24, 2.45) is 0 Å². The van der Waals surface area contributed by atoms with Crippen LogP contribution in [-0.4, -0.2) is 0 Å². The van der Waals surface area contributed by atoms with Crippen LogP contribution in [0.4, 0.5) is 5.69 Å². The molecule has 0 aliphatic heterocycles. The van der Waals surface area contributed by atoms with Crippen LogP contribution >= 0.6 is 46.4 Å². The second-order valence-corrected chi connectivity index (χ2v) is 5.82. The van der Waals surface area contributed by atoms with Crippen molar-refractivity contribution in [3.8, 4) is 0 Å². The second kappa shape index (κ2) is 6.23. The lowest BCUT2D eigenvalue weighted by molar-refractivity contribution is 0.885. The van der Waals surface area contributed by atoms with Gasteiger partial charge in [0.2, 0.25) is 0 Å². The average Bonchev–Trinajstić information content (AvgIpc) is 2.33. The Morgan fingerprint density at radius 1 is 0.842 bits per heavy atom. The van der Waals surface area contributed by atoms with Gasteiger partial charge in [0.25, 0.3) is 0 Å². The molecule has 2 aromatic carbocycles. The minimum Gasteiger partial charge on any atom is -0.378 e. The molecule has 0 saturated carbocycles. The van der Waals surface area contributed by atoms with Crippen molar-refractivity contribution in [3.63, 3.8) is 0 Å². The summed E-state index contributed by atoms with van der Waals surface area (Å²) in [5.74, 6) is 0. The van der Waals surface area contributed by atoms with Gasteiger partial charge in [0.05, 0.1) is 10.0 Å². The summed E-state index contributed by atoms with van der Waals surface area (Å²) < 4.78 is 0. The highest BCUT2D eigenvalue weighted by atomic mass is 35.5. The maximum atomic E-state index is 6.18. The molecule has 0 amide bonds. The van der Waals surface area contributed by atoms with Crippen molar-refractivity contribution < 1.29 is 0 Å². The van der Waals surface area contributed by atoms with Crippen molar-refractivity contribution in [2.75, 3.05) is 5.32 Å². The van der Waals surface area contributed by atoms with Gasteiger partial charge in [0.15, 0.2) is 0 Å². The van der Waals surface area contributed by atoms with Crippen LogP contribution in [0.25, 0.3) is 0 Å². The van der Waals surface area contributed by atoms with E-state index < -0.39 is 0 Å². The Morgan fingerprint density at radius 2 is 1.58 bits per heavy atom. The van der Waals surface area contributed by atoms with Gasteiger partial charge in [-0.3, -0.25) is 0 Å². The second-order valence-electron chi connectivity index (χ2n) is 4.16. The average molecular weight is 335 g/mol. The first kappa shape index (κ1) is 14.8. The van der Waals surface area contributed by atoms with Gasteiger partial charge >= 0.3 is 0 Å². The highest BCUT2D eigenvalue weighted by molar-refractivity contribution is 6.42. The monoisotopic (exact) mass is 333 g/mol. The molecule has 1 N–H and O–H groups in total. The smallest absolute Gasteiger partial charge is 0.0612 e. The summed E-state index contributed by atoms with van der Waals surface area (Å²) in [4.78, 5) is 0. The summed E-state index contributed by atoms with van der Waals surface area (Å²) in [7, 11) is 0. The lowest BCUT2D eigenvalue weighted by Crippen LogP contribution is -2.07. The summed E-state index contributed by atoms with van der Waals surface area (Å²) in [5, 5.41) is 5.62. The van der Waals surface area contributed by atoms with E-state index in [0.717, 1.165) is 11.3 Å². The van der Waals surface area contributed by atoms with Crippen molar-refractivity contribution in [2.45, 2.75) is 13.0 Å². The summed E-state index contributed by atoms with van der Waals surface area (Å²) in [6, 6.07) is 10.9. The fourth-order valence-corrected chi connectivity index (χ4v) is 2.64. The molecule has 1 atom stereocenters. The van der Waals surface area contributed by atoms with Crippen LogP contribution < -0.4 is 5.32 Å². The van der Waals surface area contributed by atoms with Crippen molar-refractivity contribution >= 4 is 52.1 Å². The van der Waals surface area contributed by atoms with Crippen LogP contribution in [0.1, 0.15) is 18.5 Å². The Labute approximate surface area is 132 Å². The molecular formula is C14H11Cl4N. The predicted octanol–water partition coefficient (Wildman–Crippen LogP) is 6.47. The zero-order valence-electron chi connectivity index (χ0n) is 10.1. The number of anilines is 1. The Balaban J connectivity index is 2.20. The fourth-order valence-electron chi connectivity index (χ4n) is 1.77. The SMILES string of the molecule is CC(Nc1ccc(Cl)c(Cl)c1)c1ccc(Cl)cc1Cl. The van der Waals surface area contributed by atoms with Crippen LogP contribution in [-0.2, 0) is 0 Å². The molecule has 0 heterocycles. The normalized spacial score (nSPS) is 12.3. The van der Waals surface area contributed by atoms with E-state index in [2.05, 4.69) is 5.32 Å². The Bertz CT molecular complexity index is 598. The van der Waals surface area contributed by atoms with Gasteiger partial charge in [-0.1, -0.05) is 52.5 Å². The molecule has 0 aliphatic rings.